The van der Waals surface area contributed by atoms with Gasteiger partial charge in [0.1, 0.15) is 18.2 Å². The third-order valence-electron chi connectivity index (χ3n) is 3.92. The monoisotopic (exact) mass is 290 g/mol. The van der Waals surface area contributed by atoms with Gasteiger partial charge < -0.3 is 15.0 Å². The number of amides is 1. The van der Waals surface area contributed by atoms with E-state index in [2.05, 4.69) is 16.1 Å². The average molecular weight is 290 g/mol. The van der Waals surface area contributed by atoms with Crippen LogP contribution in [0, 0.1) is 24.1 Å². The number of terminal acetylenes is 1. The van der Waals surface area contributed by atoms with Gasteiger partial charge in [0.15, 0.2) is 0 Å². The molecule has 1 aliphatic rings. The van der Waals surface area contributed by atoms with Crippen LogP contribution in [0.5, 0.6) is 5.75 Å². The van der Waals surface area contributed by atoms with Gasteiger partial charge in [-0.05, 0) is 39.1 Å². The van der Waals surface area contributed by atoms with Crippen molar-refractivity contribution in [1.82, 2.24) is 4.90 Å². The van der Waals surface area contributed by atoms with Gasteiger partial charge in [-0.1, -0.05) is 5.92 Å². The van der Waals surface area contributed by atoms with Crippen molar-refractivity contribution in [2.75, 3.05) is 25.5 Å². The van der Waals surface area contributed by atoms with E-state index in [1.54, 1.807) is 0 Å². The Morgan fingerprint density at radius 2 is 2.38 bits per heavy atom. The van der Waals surface area contributed by atoms with Gasteiger partial charge in [0.25, 0.3) is 0 Å². The Hall–Kier alpha value is -2.06. The zero-order valence-corrected chi connectivity index (χ0v) is 12.2. The number of hydrogen-bond donors (Lipinski definition) is 1. The van der Waals surface area contributed by atoms with Crippen molar-refractivity contribution >= 4 is 11.6 Å². The molecule has 1 saturated heterocycles. The normalized spacial score (nSPS) is 21.8. The van der Waals surface area contributed by atoms with Gasteiger partial charge in [0.2, 0.25) is 5.91 Å². The number of halogens is 1. The molecule has 2 atom stereocenters. The number of carbonyl (C=O) groups excluding carboxylic acids is 1. The summed E-state index contributed by atoms with van der Waals surface area (Å²) in [6, 6.07) is 4.17. The summed E-state index contributed by atoms with van der Waals surface area (Å²) < 4.78 is 18.6. The number of nitrogens with one attached hydrogen (secondary N) is 1. The van der Waals surface area contributed by atoms with Crippen LogP contribution < -0.4 is 10.1 Å². The van der Waals surface area contributed by atoms with Gasteiger partial charge in [0.05, 0.1) is 11.6 Å². The summed E-state index contributed by atoms with van der Waals surface area (Å²) in [6.45, 7) is 2.94. The summed E-state index contributed by atoms with van der Waals surface area (Å²) in [7, 11) is 2.00. The lowest BCUT2D eigenvalue weighted by molar-refractivity contribution is -0.120. The second-order valence-electron chi connectivity index (χ2n) is 5.24. The van der Waals surface area contributed by atoms with E-state index in [-0.39, 0.29) is 30.2 Å². The van der Waals surface area contributed by atoms with E-state index in [9.17, 15) is 9.18 Å². The van der Waals surface area contributed by atoms with Gasteiger partial charge in [0, 0.05) is 12.1 Å². The van der Waals surface area contributed by atoms with Gasteiger partial charge in [-0.15, -0.1) is 6.42 Å². The number of likely N-dealkylation sites (tertiary alicyclic amines) is 1. The first-order valence-corrected chi connectivity index (χ1v) is 6.90. The van der Waals surface area contributed by atoms with Crippen molar-refractivity contribution in [1.29, 1.82) is 0 Å². The minimum atomic E-state index is -0.436. The molecule has 2 rings (SSSR count). The maximum absolute atomic E-state index is 13.3. The van der Waals surface area contributed by atoms with Crippen molar-refractivity contribution in [2.24, 2.45) is 5.92 Å². The Bertz CT molecular complexity index is 568. The average Bonchev–Trinajstić information content (AvgIpc) is 2.79. The number of anilines is 1. The second-order valence-corrected chi connectivity index (χ2v) is 5.24. The molecule has 4 nitrogen and oxygen atoms in total. The number of ether oxygens (including phenoxy) is 1. The molecule has 0 spiro atoms. The van der Waals surface area contributed by atoms with Crippen LogP contribution in [-0.4, -0.2) is 37.0 Å². The minimum Gasteiger partial charge on any atom is -0.479 e. The van der Waals surface area contributed by atoms with Gasteiger partial charge in [-0.25, -0.2) is 4.39 Å². The standard InChI is InChI=1S/C16H19FN2O2/c1-4-9-21-15-10-12(17)5-6-14(15)18-16(20)13-7-8-19(3)11(13)2/h1,5-6,10-11,13H,7-9H2,2-3H3,(H,18,20)/t11-,13-/m0/s1. The molecule has 0 unspecified atom stereocenters. The van der Waals surface area contributed by atoms with Crippen LogP contribution in [0.1, 0.15) is 13.3 Å². The molecular formula is C16H19FN2O2. The lowest BCUT2D eigenvalue weighted by Crippen LogP contribution is -2.33. The number of carbonyl (C=O) groups is 1. The van der Waals surface area contributed by atoms with Gasteiger partial charge in [-0.2, -0.15) is 0 Å². The highest BCUT2D eigenvalue weighted by atomic mass is 19.1. The van der Waals surface area contributed by atoms with Crippen LogP contribution in [0.15, 0.2) is 18.2 Å². The van der Waals surface area contributed by atoms with Gasteiger partial charge in [-0.3, -0.25) is 4.79 Å². The Labute approximate surface area is 124 Å². The fraction of sp³-hybridized carbons (Fsp3) is 0.438. The molecule has 1 aliphatic heterocycles. The molecule has 0 bridgehead atoms. The van der Waals surface area contributed by atoms with Crippen LogP contribution in [0.2, 0.25) is 0 Å². The van der Waals surface area contributed by atoms with Gasteiger partial charge >= 0.3 is 0 Å². The molecule has 1 N–H and O–H groups in total. The Balaban J connectivity index is 2.12. The fourth-order valence-corrected chi connectivity index (χ4v) is 2.51. The van der Waals surface area contributed by atoms with Crippen LogP contribution in [-0.2, 0) is 4.79 Å². The number of rotatable bonds is 4. The Morgan fingerprint density at radius 1 is 1.62 bits per heavy atom. The molecule has 1 aromatic carbocycles. The molecule has 1 fully saturated rings. The first-order valence-electron chi connectivity index (χ1n) is 6.90. The maximum Gasteiger partial charge on any atom is 0.229 e. The Morgan fingerprint density at radius 3 is 3.00 bits per heavy atom. The predicted molar refractivity (Wildman–Crippen MR) is 79.6 cm³/mol. The zero-order chi connectivity index (χ0) is 15.4. The molecule has 0 radical (unpaired) electrons. The summed E-state index contributed by atoms with van der Waals surface area (Å²) >= 11 is 0. The van der Waals surface area contributed by atoms with Crippen LogP contribution in [0.25, 0.3) is 0 Å². The van der Waals surface area contributed by atoms with Crippen molar-refractivity contribution in [3.63, 3.8) is 0 Å². The zero-order valence-electron chi connectivity index (χ0n) is 12.2. The molecule has 0 aromatic heterocycles. The highest BCUT2D eigenvalue weighted by molar-refractivity contribution is 5.94. The van der Waals surface area contributed by atoms with E-state index in [4.69, 9.17) is 11.2 Å². The summed E-state index contributed by atoms with van der Waals surface area (Å²) in [5, 5.41) is 2.81. The molecule has 21 heavy (non-hydrogen) atoms. The SMILES string of the molecule is C#CCOc1cc(F)ccc1NC(=O)[C@H]1CCN(C)[C@H]1C. The minimum absolute atomic E-state index is 0.0227. The number of benzene rings is 1. The largest absolute Gasteiger partial charge is 0.479 e. The highest BCUT2D eigenvalue weighted by Crippen LogP contribution is 2.28. The van der Waals surface area contributed by atoms with E-state index in [1.165, 1.54) is 18.2 Å². The summed E-state index contributed by atoms with van der Waals surface area (Å²) in [4.78, 5) is 14.5. The first-order chi connectivity index (χ1) is 10.0. The van der Waals surface area contributed by atoms with Crippen LogP contribution in [0.4, 0.5) is 10.1 Å². The van der Waals surface area contributed by atoms with E-state index < -0.39 is 5.82 Å². The molecule has 1 heterocycles. The summed E-state index contributed by atoms with van der Waals surface area (Å²) in [6.07, 6.45) is 5.95. The second kappa shape index (κ2) is 6.59. The maximum atomic E-state index is 13.3. The molecule has 1 aromatic rings. The number of hydrogen-bond acceptors (Lipinski definition) is 3. The summed E-state index contributed by atoms with van der Waals surface area (Å²) in [5.41, 5.74) is 0.443. The third kappa shape index (κ3) is 3.53. The van der Waals surface area contributed by atoms with Crippen LogP contribution in [0.3, 0.4) is 0 Å². The quantitative estimate of drug-likeness (QED) is 0.864. The van der Waals surface area contributed by atoms with E-state index in [1.807, 2.05) is 14.0 Å². The Kier molecular flexibility index (Phi) is 4.81. The lowest BCUT2D eigenvalue weighted by Gasteiger charge is -2.20. The lowest BCUT2D eigenvalue weighted by atomic mass is 10.0. The molecule has 1 amide bonds. The van der Waals surface area contributed by atoms with Crippen molar-refractivity contribution < 1.29 is 13.9 Å². The van der Waals surface area contributed by atoms with Crippen LogP contribution >= 0.6 is 0 Å². The summed E-state index contributed by atoms with van der Waals surface area (Å²) in [5.74, 6) is 1.97. The van der Waals surface area contributed by atoms with E-state index >= 15 is 0 Å². The smallest absolute Gasteiger partial charge is 0.229 e. The van der Waals surface area contributed by atoms with E-state index in [0.29, 0.717) is 5.69 Å². The molecule has 112 valence electrons. The van der Waals surface area contributed by atoms with Crippen molar-refractivity contribution in [2.45, 2.75) is 19.4 Å². The third-order valence-corrected chi connectivity index (χ3v) is 3.92. The van der Waals surface area contributed by atoms with Crippen molar-refractivity contribution in [3.05, 3.63) is 24.0 Å². The van der Waals surface area contributed by atoms with Crippen molar-refractivity contribution in [3.8, 4) is 18.1 Å². The highest BCUT2D eigenvalue weighted by Gasteiger charge is 2.33. The molecule has 0 aliphatic carbocycles. The molecule has 0 saturated carbocycles. The molecular weight excluding hydrogens is 271 g/mol. The fourth-order valence-electron chi connectivity index (χ4n) is 2.51. The molecule has 5 heteroatoms. The predicted octanol–water partition coefficient (Wildman–Crippen LogP) is 2.12. The number of nitrogens with zero attached hydrogens (tertiary/aromatic N) is 1. The van der Waals surface area contributed by atoms with E-state index in [0.717, 1.165) is 13.0 Å². The first kappa shape index (κ1) is 15.3. The topological polar surface area (TPSA) is 41.6 Å².